The largest absolute Gasteiger partial charge is 0.508 e. The Morgan fingerprint density at radius 3 is 1.62 bits per heavy atom. The van der Waals surface area contributed by atoms with E-state index in [9.17, 15) is 20.1 Å². The van der Waals surface area contributed by atoms with E-state index in [1.165, 1.54) is 24.3 Å². The third-order valence-electron chi connectivity index (χ3n) is 4.72. The molecule has 0 amide bonds. The number of aromatic hydroxyl groups is 2. The third kappa shape index (κ3) is 3.40. The molecular formula is C22H20O4. The van der Waals surface area contributed by atoms with Gasteiger partial charge in [-0.05, 0) is 53.8 Å². The number of carboxylic acids is 1. The van der Waals surface area contributed by atoms with E-state index in [0.717, 1.165) is 5.56 Å². The first-order valence-corrected chi connectivity index (χ1v) is 8.39. The highest BCUT2D eigenvalue weighted by molar-refractivity contribution is 5.86. The molecule has 0 aliphatic heterocycles. The number of hydrogen-bond acceptors (Lipinski definition) is 3. The lowest BCUT2D eigenvalue weighted by atomic mass is 9.70. The van der Waals surface area contributed by atoms with Crippen molar-refractivity contribution in [3.05, 3.63) is 95.6 Å². The summed E-state index contributed by atoms with van der Waals surface area (Å²) in [7, 11) is 0. The maximum atomic E-state index is 12.5. The molecule has 0 aromatic heterocycles. The lowest BCUT2D eigenvalue weighted by Crippen LogP contribution is -2.37. The Balaban J connectivity index is 2.10. The van der Waals surface area contributed by atoms with E-state index >= 15 is 0 Å². The number of carboxylic acid groups (broad SMARTS) is 1. The minimum Gasteiger partial charge on any atom is -0.508 e. The first kappa shape index (κ1) is 17.5. The molecule has 3 aromatic rings. The second-order valence-corrected chi connectivity index (χ2v) is 6.29. The molecule has 0 fully saturated rings. The smallest absolute Gasteiger partial charge is 0.318 e. The number of hydrogen-bond donors (Lipinski definition) is 3. The number of rotatable bonds is 6. The van der Waals surface area contributed by atoms with E-state index in [2.05, 4.69) is 0 Å². The predicted octanol–water partition coefficient (Wildman–Crippen LogP) is 4.10. The summed E-state index contributed by atoms with van der Waals surface area (Å²) in [6.45, 7) is 0. The molecule has 132 valence electrons. The van der Waals surface area contributed by atoms with E-state index in [-0.39, 0.29) is 11.5 Å². The molecule has 0 atom stereocenters. The third-order valence-corrected chi connectivity index (χ3v) is 4.72. The summed E-state index contributed by atoms with van der Waals surface area (Å²) in [6.07, 6.45) is 0.927. The van der Waals surface area contributed by atoms with Crippen LogP contribution in [0, 0.1) is 0 Å². The van der Waals surface area contributed by atoms with Crippen molar-refractivity contribution in [1.29, 1.82) is 0 Å². The molecule has 0 aliphatic rings. The molecule has 3 aromatic carbocycles. The highest BCUT2D eigenvalue weighted by Crippen LogP contribution is 2.38. The molecule has 3 rings (SSSR count). The monoisotopic (exact) mass is 348 g/mol. The van der Waals surface area contributed by atoms with Gasteiger partial charge in [0.15, 0.2) is 0 Å². The maximum Gasteiger partial charge on any atom is 0.318 e. The van der Waals surface area contributed by atoms with Crippen molar-refractivity contribution in [2.45, 2.75) is 18.3 Å². The van der Waals surface area contributed by atoms with E-state index in [1.54, 1.807) is 24.3 Å². The van der Waals surface area contributed by atoms with Crippen LogP contribution in [-0.4, -0.2) is 21.3 Å². The fraction of sp³-hybridized carbons (Fsp3) is 0.136. The van der Waals surface area contributed by atoms with Gasteiger partial charge in [-0.15, -0.1) is 0 Å². The van der Waals surface area contributed by atoms with Gasteiger partial charge in [0, 0.05) is 0 Å². The number of benzene rings is 3. The van der Waals surface area contributed by atoms with Crippen LogP contribution in [0.2, 0.25) is 0 Å². The van der Waals surface area contributed by atoms with Gasteiger partial charge in [-0.2, -0.15) is 0 Å². The van der Waals surface area contributed by atoms with Crippen LogP contribution >= 0.6 is 0 Å². The average molecular weight is 348 g/mol. The van der Waals surface area contributed by atoms with Gasteiger partial charge in [-0.25, -0.2) is 0 Å². The lowest BCUT2D eigenvalue weighted by molar-refractivity contribution is -0.142. The molecule has 0 radical (unpaired) electrons. The Kier molecular flexibility index (Phi) is 4.94. The first-order chi connectivity index (χ1) is 12.5. The Labute approximate surface area is 152 Å². The van der Waals surface area contributed by atoms with Crippen molar-refractivity contribution >= 4 is 5.97 Å². The maximum absolute atomic E-state index is 12.5. The molecule has 0 saturated carbocycles. The van der Waals surface area contributed by atoms with Gasteiger partial charge < -0.3 is 15.3 Å². The minimum atomic E-state index is -1.28. The second kappa shape index (κ2) is 7.31. The predicted molar refractivity (Wildman–Crippen MR) is 99.4 cm³/mol. The molecule has 0 aliphatic carbocycles. The summed E-state index contributed by atoms with van der Waals surface area (Å²) in [5.74, 6) is -0.798. The summed E-state index contributed by atoms with van der Waals surface area (Å²) in [5.41, 5.74) is 0.946. The minimum absolute atomic E-state index is 0.0850. The van der Waals surface area contributed by atoms with Gasteiger partial charge in [0.05, 0.1) is 0 Å². The molecule has 0 unspecified atom stereocenters. The van der Waals surface area contributed by atoms with E-state index in [0.29, 0.717) is 24.0 Å². The van der Waals surface area contributed by atoms with Gasteiger partial charge >= 0.3 is 5.97 Å². The van der Waals surface area contributed by atoms with Crippen molar-refractivity contribution in [3.8, 4) is 11.5 Å². The Morgan fingerprint density at radius 1 is 0.731 bits per heavy atom. The van der Waals surface area contributed by atoms with Gasteiger partial charge in [0.2, 0.25) is 0 Å². The van der Waals surface area contributed by atoms with Gasteiger partial charge in [0.1, 0.15) is 16.9 Å². The van der Waals surface area contributed by atoms with Crippen molar-refractivity contribution in [3.63, 3.8) is 0 Å². The van der Waals surface area contributed by atoms with Crippen molar-refractivity contribution < 1.29 is 20.1 Å². The van der Waals surface area contributed by atoms with E-state index in [1.807, 2.05) is 30.3 Å². The highest BCUT2D eigenvalue weighted by Gasteiger charge is 2.41. The molecule has 0 bridgehead atoms. The lowest BCUT2D eigenvalue weighted by Gasteiger charge is -2.31. The molecule has 0 saturated heterocycles. The second-order valence-electron chi connectivity index (χ2n) is 6.29. The van der Waals surface area contributed by atoms with Crippen molar-refractivity contribution in [1.82, 2.24) is 0 Å². The highest BCUT2D eigenvalue weighted by atomic mass is 16.4. The Morgan fingerprint density at radius 2 is 1.19 bits per heavy atom. The molecule has 0 heterocycles. The molecular weight excluding hydrogens is 328 g/mol. The van der Waals surface area contributed by atoms with Gasteiger partial charge in [-0.3, -0.25) is 4.79 Å². The van der Waals surface area contributed by atoms with Gasteiger partial charge in [0.25, 0.3) is 0 Å². The Bertz CT molecular complexity index is 823. The zero-order valence-electron chi connectivity index (χ0n) is 14.2. The van der Waals surface area contributed by atoms with Gasteiger partial charge in [-0.1, -0.05) is 54.6 Å². The topological polar surface area (TPSA) is 77.8 Å². The van der Waals surface area contributed by atoms with Crippen molar-refractivity contribution in [2.75, 3.05) is 0 Å². The van der Waals surface area contributed by atoms with Crippen LogP contribution in [0.5, 0.6) is 11.5 Å². The number of phenolic OH excluding ortho intramolecular Hbond substituents is 2. The molecule has 26 heavy (non-hydrogen) atoms. The zero-order valence-corrected chi connectivity index (χ0v) is 14.2. The summed E-state index contributed by atoms with van der Waals surface area (Å²) in [6, 6.07) is 22.3. The zero-order chi connectivity index (χ0) is 18.6. The van der Waals surface area contributed by atoms with E-state index in [4.69, 9.17) is 0 Å². The summed E-state index contributed by atoms with van der Waals surface area (Å²) >= 11 is 0. The standard InChI is InChI=1S/C22H20O4/c23-19-10-6-17(7-11-19)22(21(25)26,18-8-12-20(24)13-9-18)15-14-16-4-2-1-3-5-16/h1-13,23-24H,14-15H2,(H,25,26). The molecule has 0 spiro atoms. The van der Waals surface area contributed by atoms with Crippen molar-refractivity contribution in [2.24, 2.45) is 0 Å². The number of aryl methyl sites for hydroxylation is 1. The van der Waals surface area contributed by atoms with Crippen LogP contribution in [0.3, 0.4) is 0 Å². The normalized spacial score (nSPS) is 11.2. The number of aliphatic carboxylic acids is 1. The van der Waals surface area contributed by atoms with Crippen LogP contribution in [0.25, 0.3) is 0 Å². The average Bonchev–Trinajstić information content (AvgIpc) is 2.65. The van der Waals surface area contributed by atoms with Crippen LogP contribution < -0.4 is 0 Å². The fourth-order valence-electron chi connectivity index (χ4n) is 3.28. The molecule has 3 N–H and O–H groups in total. The quantitative estimate of drug-likeness (QED) is 0.627. The SMILES string of the molecule is O=C(O)C(CCc1ccccc1)(c1ccc(O)cc1)c1ccc(O)cc1. The Hall–Kier alpha value is -3.27. The molecule has 4 nitrogen and oxygen atoms in total. The van der Waals surface area contributed by atoms with Crippen LogP contribution in [0.1, 0.15) is 23.1 Å². The number of carbonyl (C=O) groups is 1. The summed E-state index contributed by atoms with van der Waals surface area (Å²) < 4.78 is 0. The summed E-state index contributed by atoms with van der Waals surface area (Å²) in [5, 5.41) is 29.4. The number of phenols is 2. The fourth-order valence-corrected chi connectivity index (χ4v) is 3.28. The van der Waals surface area contributed by atoms with Crippen LogP contribution in [0.4, 0.5) is 0 Å². The summed E-state index contributed by atoms with van der Waals surface area (Å²) in [4.78, 5) is 12.5. The van der Waals surface area contributed by atoms with Crippen LogP contribution in [0.15, 0.2) is 78.9 Å². The first-order valence-electron chi connectivity index (χ1n) is 8.39. The van der Waals surface area contributed by atoms with E-state index < -0.39 is 11.4 Å². The molecule has 4 heteroatoms. The van der Waals surface area contributed by atoms with Crippen LogP contribution in [-0.2, 0) is 16.6 Å².